The van der Waals surface area contributed by atoms with Crippen molar-refractivity contribution in [2.45, 2.75) is 24.3 Å². The van der Waals surface area contributed by atoms with Crippen LogP contribution in [0.5, 0.6) is 0 Å². The summed E-state index contributed by atoms with van der Waals surface area (Å²) >= 11 is 6.79. The smallest absolute Gasteiger partial charge is 0.319 e. The van der Waals surface area contributed by atoms with E-state index in [0.717, 1.165) is 0 Å². The number of carbonyl (C=O) groups is 1. The number of halogens is 2. The summed E-state index contributed by atoms with van der Waals surface area (Å²) in [5.41, 5.74) is 0.462. The second-order valence-corrected chi connectivity index (χ2v) is 5.87. The van der Waals surface area contributed by atoms with E-state index in [0.29, 0.717) is 16.3 Å². The number of hydrogen-bond donors (Lipinski definition) is 1. The standard InChI is InChI=1S/C11H12ClFO2S/c1-11(2,10(14)15)16-6-7-3-4-8(12)5-9(7)13/h3-5H,6H2,1-2H3,(H,14,15). The third kappa shape index (κ3) is 3.39. The van der Waals surface area contributed by atoms with Gasteiger partial charge in [-0.05, 0) is 31.5 Å². The number of carboxylic acids is 1. The molecule has 5 heteroatoms. The van der Waals surface area contributed by atoms with Crippen molar-refractivity contribution in [2.24, 2.45) is 0 Å². The van der Waals surface area contributed by atoms with E-state index < -0.39 is 16.5 Å². The van der Waals surface area contributed by atoms with Gasteiger partial charge in [-0.1, -0.05) is 17.7 Å². The Morgan fingerprint density at radius 1 is 1.56 bits per heavy atom. The molecule has 0 spiro atoms. The minimum absolute atomic E-state index is 0.308. The topological polar surface area (TPSA) is 37.3 Å². The summed E-state index contributed by atoms with van der Waals surface area (Å²) in [5.74, 6) is -1.00. The predicted octanol–water partition coefficient (Wildman–Crippen LogP) is 3.58. The zero-order valence-electron chi connectivity index (χ0n) is 8.96. The Bertz CT molecular complexity index is 407. The van der Waals surface area contributed by atoms with Gasteiger partial charge in [0.25, 0.3) is 0 Å². The second kappa shape index (κ2) is 5.06. The Labute approximate surface area is 103 Å². The summed E-state index contributed by atoms with van der Waals surface area (Å²) in [7, 11) is 0. The van der Waals surface area contributed by atoms with Crippen LogP contribution in [0.15, 0.2) is 18.2 Å². The van der Waals surface area contributed by atoms with Crippen LogP contribution < -0.4 is 0 Å². The van der Waals surface area contributed by atoms with Gasteiger partial charge in [-0.2, -0.15) is 0 Å². The highest BCUT2D eigenvalue weighted by Crippen LogP contribution is 2.29. The summed E-state index contributed by atoms with van der Waals surface area (Å²) in [6, 6.07) is 4.39. The zero-order valence-corrected chi connectivity index (χ0v) is 10.5. The number of rotatable bonds is 4. The van der Waals surface area contributed by atoms with Crippen molar-refractivity contribution < 1.29 is 14.3 Å². The summed E-state index contributed by atoms with van der Waals surface area (Å²) in [6.45, 7) is 3.18. The molecular weight excluding hydrogens is 251 g/mol. The average Bonchev–Trinajstić information content (AvgIpc) is 2.16. The monoisotopic (exact) mass is 262 g/mol. The fraction of sp³-hybridized carbons (Fsp3) is 0.364. The Hall–Kier alpha value is -0.740. The molecule has 0 fully saturated rings. The van der Waals surface area contributed by atoms with Crippen LogP contribution in [0, 0.1) is 5.82 Å². The first-order valence-corrected chi connectivity index (χ1v) is 6.00. The molecular formula is C11H12ClFO2S. The molecule has 0 unspecified atom stereocenters. The van der Waals surface area contributed by atoms with E-state index in [1.165, 1.54) is 17.8 Å². The van der Waals surface area contributed by atoms with Crippen molar-refractivity contribution in [2.75, 3.05) is 0 Å². The van der Waals surface area contributed by atoms with E-state index >= 15 is 0 Å². The Morgan fingerprint density at radius 3 is 2.69 bits per heavy atom. The lowest BCUT2D eigenvalue weighted by Gasteiger charge is -2.18. The Morgan fingerprint density at radius 2 is 2.19 bits per heavy atom. The van der Waals surface area contributed by atoms with Gasteiger partial charge in [0.15, 0.2) is 0 Å². The van der Waals surface area contributed by atoms with Crippen LogP contribution in [0.3, 0.4) is 0 Å². The van der Waals surface area contributed by atoms with E-state index in [2.05, 4.69) is 0 Å². The SMILES string of the molecule is CC(C)(SCc1ccc(Cl)cc1F)C(=O)O. The molecule has 0 aromatic heterocycles. The van der Waals surface area contributed by atoms with Gasteiger partial charge in [0.1, 0.15) is 10.6 Å². The molecule has 0 aliphatic rings. The van der Waals surface area contributed by atoms with Crippen molar-refractivity contribution >= 4 is 29.3 Å². The number of thioether (sulfide) groups is 1. The van der Waals surface area contributed by atoms with Gasteiger partial charge in [-0.15, -0.1) is 11.8 Å². The van der Waals surface area contributed by atoms with E-state index in [4.69, 9.17) is 16.7 Å². The van der Waals surface area contributed by atoms with Crippen molar-refractivity contribution in [3.05, 3.63) is 34.6 Å². The van der Waals surface area contributed by atoms with Gasteiger partial charge in [-0.25, -0.2) is 4.39 Å². The molecule has 0 amide bonds. The predicted molar refractivity (Wildman–Crippen MR) is 64.4 cm³/mol. The van der Waals surface area contributed by atoms with Crippen molar-refractivity contribution in [3.63, 3.8) is 0 Å². The van der Waals surface area contributed by atoms with Crippen molar-refractivity contribution in [1.82, 2.24) is 0 Å². The molecule has 0 aliphatic heterocycles. The van der Waals surface area contributed by atoms with Gasteiger partial charge in [0, 0.05) is 10.8 Å². The summed E-state index contributed by atoms with van der Waals surface area (Å²) in [4.78, 5) is 10.8. The van der Waals surface area contributed by atoms with Gasteiger partial charge in [0.05, 0.1) is 0 Å². The number of aliphatic carboxylic acids is 1. The molecule has 0 heterocycles. The number of hydrogen-bond acceptors (Lipinski definition) is 2. The van der Waals surface area contributed by atoms with E-state index in [9.17, 15) is 9.18 Å². The zero-order chi connectivity index (χ0) is 12.3. The van der Waals surface area contributed by atoms with Gasteiger partial charge < -0.3 is 5.11 Å². The lowest BCUT2D eigenvalue weighted by molar-refractivity contribution is -0.138. The molecule has 1 rings (SSSR count). The lowest BCUT2D eigenvalue weighted by atomic mass is 10.2. The van der Waals surface area contributed by atoms with Crippen LogP contribution in [0.2, 0.25) is 5.02 Å². The normalized spacial score (nSPS) is 11.5. The third-order valence-electron chi connectivity index (χ3n) is 2.12. The first-order valence-electron chi connectivity index (χ1n) is 4.64. The highest BCUT2D eigenvalue weighted by molar-refractivity contribution is 8.00. The maximum atomic E-state index is 13.4. The fourth-order valence-electron chi connectivity index (χ4n) is 0.959. The summed E-state index contributed by atoms with van der Waals surface area (Å²) in [5, 5.41) is 9.23. The Kier molecular flexibility index (Phi) is 4.21. The van der Waals surface area contributed by atoms with E-state index in [-0.39, 0.29) is 0 Å². The first kappa shape index (κ1) is 13.3. The first-order chi connectivity index (χ1) is 7.33. The molecule has 1 N–H and O–H groups in total. The van der Waals surface area contributed by atoms with Crippen molar-refractivity contribution in [1.29, 1.82) is 0 Å². The van der Waals surface area contributed by atoms with Gasteiger partial charge in [0.2, 0.25) is 0 Å². The van der Waals surface area contributed by atoms with Gasteiger partial charge in [-0.3, -0.25) is 4.79 Å². The molecule has 0 saturated carbocycles. The molecule has 0 atom stereocenters. The molecule has 0 saturated heterocycles. The van der Waals surface area contributed by atoms with Crippen molar-refractivity contribution in [3.8, 4) is 0 Å². The van der Waals surface area contributed by atoms with Crippen LogP contribution in [-0.4, -0.2) is 15.8 Å². The fourth-order valence-corrected chi connectivity index (χ4v) is 1.99. The number of carboxylic acid groups (broad SMARTS) is 1. The number of benzene rings is 1. The molecule has 0 radical (unpaired) electrons. The molecule has 1 aromatic carbocycles. The molecule has 0 bridgehead atoms. The van der Waals surface area contributed by atoms with Crippen LogP contribution in [-0.2, 0) is 10.5 Å². The minimum atomic E-state index is -0.925. The minimum Gasteiger partial charge on any atom is -0.480 e. The van der Waals surface area contributed by atoms with E-state index in [1.54, 1.807) is 26.0 Å². The van der Waals surface area contributed by atoms with Gasteiger partial charge >= 0.3 is 5.97 Å². The summed E-state index contributed by atoms with van der Waals surface area (Å²) < 4.78 is 12.5. The van der Waals surface area contributed by atoms with Crippen LogP contribution in [0.25, 0.3) is 0 Å². The molecule has 16 heavy (non-hydrogen) atoms. The lowest BCUT2D eigenvalue weighted by Crippen LogP contribution is -2.27. The maximum absolute atomic E-state index is 13.4. The Balaban J connectivity index is 2.72. The van der Waals surface area contributed by atoms with E-state index in [1.807, 2.05) is 0 Å². The van der Waals surface area contributed by atoms with Crippen LogP contribution >= 0.6 is 23.4 Å². The highest BCUT2D eigenvalue weighted by atomic mass is 35.5. The van der Waals surface area contributed by atoms with Crippen LogP contribution in [0.4, 0.5) is 4.39 Å². The third-order valence-corrected chi connectivity index (χ3v) is 3.71. The highest BCUT2D eigenvalue weighted by Gasteiger charge is 2.27. The molecule has 0 aliphatic carbocycles. The quantitative estimate of drug-likeness (QED) is 0.901. The molecule has 88 valence electrons. The summed E-state index contributed by atoms with van der Waals surface area (Å²) in [6.07, 6.45) is 0. The average molecular weight is 263 g/mol. The maximum Gasteiger partial charge on any atom is 0.319 e. The van der Waals surface area contributed by atoms with Crippen LogP contribution in [0.1, 0.15) is 19.4 Å². The second-order valence-electron chi connectivity index (χ2n) is 3.84. The molecule has 1 aromatic rings. The molecule has 2 nitrogen and oxygen atoms in total. The largest absolute Gasteiger partial charge is 0.480 e.